The zero-order chi connectivity index (χ0) is 12.8. The highest BCUT2D eigenvalue weighted by atomic mass is 127. The molecule has 0 spiro atoms. The summed E-state index contributed by atoms with van der Waals surface area (Å²) in [6, 6.07) is 0. The zero-order valence-corrected chi connectivity index (χ0v) is 14.5. The summed E-state index contributed by atoms with van der Waals surface area (Å²) in [6.45, 7) is 3.48. The fourth-order valence-corrected chi connectivity index (χ4v) is 2.64. The molecule has 0 saturated carbocycles. The number of halogens is 1. The number of aliphatic imine (C=N–C) groups is 1. The molecule has 0 amide bonds. The standard InChI is InChI=1S/C12H20N4OS.HI/c1-13-12(15-7-11-14-4-6-18-11)16(2)8-10-3-5-17-9-10;/h4,6,10H,3,5,7-9H2,1-2H3,(H,13,15);1H. The van der Waals surface area contributed by atoms with Crippen molar-refractivity contribution in [2.45, 2.75) is 13.0 Å². The molecule has 1 aliphatic heterocycles. The van der Waals surface area contributed by atoms with E-state index >= 15 is 0 Å². The molecule has 1 aromatic rings. The molecule has 7 heteroatoms. The Labute approximate surface area is 135 Å². The van der Waals surface area contributed by atoms with E-state index in [-0.39, 0.29) is 24.0 Å². The van der Waals surface area contributed by atoms with Crippen LogP contribution in [0, 0.1) is 5.92 Å². The van der Waals surface area contributed by atoms with Crippen LogP contribution in [0.3, 0.4) is 0 Å². The Morgan fingerprint density at radius 2 is 2.53 bits per heavy atom. The van der Waals surface area contributed by atoms with Crippen molar-refractivity contribution in [2.75, 3.05) is 33.9 Å². The minimum atomic E-state index is 0. The van der Waals surface area contributed by atoms with E-state index in [2.05, 4.69) is 27.2 Å². The van der Waals surface area contributed by atoms with Crippen molar-refractivity contribution in [3.63, 3.8) is 0 Å². The highest BCUT2D eigenvalue weighted by Crippen LogP contribution is 2.13. The molecule has 2 heterocycles. The minimum Gasteiger partial charge on any atom is -0.381 e. The van der Waals surface area contributed by atoms with Gasteiger partial charge in [0.05, 0.1) is 13.2 Å². The molecule has 0 radical (unpaired) electrons. The molecule has 108 valence electrons. The summed E-state index contributed by atoms with van der Waals surface area (Å²) in [6.07, 6.45) is 2.97. The molecular formula is C12H21IN4OS. The summed E-state index contributed by atoms with van der Waals surface area (Å²) in [4.78, 5) is 10.7. The van der Waals surface area contributed by atoms with E-state index in [9.17, 15) is 0 Å². The smallest absolute Gasteiger partial charge is 0.193 e. The lowest BCUT2D eigenvalue weighted by atomic mass is 10.1. The van der Waals surface area contributed by atoms with E-state index in [1.165, 1.54) is 0 Å². The molecule has 1 aromatic heterocycles. The minimum absolute atomic E-state index is 0. The second kappa shape index (κ2) is 8.70. The number of nitrogens with zero attached hydrogens (tertiary/aromatic N) is 3. The number of nitrogens with one attached hydrogen (secondary N) is 1. The molecule has 0 aromatic carbocycles. The Bertz CT molecular complexity index is 379. The summed E-state index contributed by atoms with van der Waals surface area (Å²) in [5, 5.41) is 6.39. The second-order valence-electron chi connectivity index (χ2n) is 4.44. The van der Waals surface area contributed by atoms with Gasteiger partial charge < -0.3 is 15.0 Å². The van der Waals surface area contributed by atoms with Gasteiger partial charge in [0.1, 0.15) is 5.01 Å². The molecule has 1 fully saturated rings. The van der Waals surface area contributed by atoms with Gasteiger partial charge in [-0.1, -0.05) is 0 Å². The summed E-state index contributed by atoms with van der Waals surface area (Å²) in [5.41, 5.74) is 0. The Morgan fingerprint density at radius 1 is 1.68 bits per heavy atom. The van der Waals surface area contributed by atoms with Crippen molar-refractivity contribution in [3.8, 4) is 0 Å². The van der Waals surface area contributed by atoms with E-state index in [1.807, 2.05) is 18.6 Å². The number of guanidine groups is 1. The van der Waals surface area contributed by atoms with Crippen molar-refractivity contribution in [1.29, 1.82) is 0 Å². The van der Waals surface area contributed by atoms with Crippen LogP contribution in [0.25, 0.3) is 0 Å². The number of thiazole rings is 1. The summed E-state index contributed by atoms with van der Waals surface area (Å²) in [7, 11) is 3.88. The predicted octanol–water partition coefficient (Wildman–Crippen LogP) is 1.80. The summed E-state index contributed by atoms with van der Waals surface area (Å²) < 4.78 is 5.39. The Kier molecular flexibility index (Phi) is 7.62. The van der Waals surface area contributed by atoms with Gasteiger partial charge in [-0.05, 0) is 6.42 Å². The van der Waals surface area contributed by atoms with Gasteiger partial charge in [0.25, 0.3) is 0 Å². The van der Waals surface area contributed by atoms with E-state index in [0.717, 1.165) is 43.7 Å². The topological polar surface area (TPSA) is 49.8 Å². The maximum atomic E-state index is 5.39. The van der Waals surface area contributed by atoms with Gasteiger partial charge >= 0.3 is 0 Å². The van der Waals surface area contributed by atoms with Gasteiger partial charge in [-0.2, -0.15) is 0 Å². The maximum absolute atomic E-state index is 5.39. The van der Waals surface area contributed by atoms with Crippen LogP contribution < -0.4 is 5.32 Å². The Morgan fingerprint density at radius 3 is 3.11 bits per heavy atom. The molecule has 0 aliphatic carbocycles. The lowest BCUT2D eigenvalue weighted by Crippen LogP contribution is -2.41. The Hall–Kier alpha value is -0.410. The van der Waals surface area contributed by atoms with Crippen LogP contribution in [0.4, 0.5) is 0 Å². The maximum Gasteiger partial charge on any atom is 0.193 e. The third kappa shape index (κ3) is 5.23. The summed E-state index contributed by atoms with van der Waals surface area (Å²) in [5.74, 6) is 1.53. The monoisotopic (exact) mass is 396 g/mol. The van der Waals surface area contributed by atoms with Crippen LogP contribution in [-0.2, 0) is 11.3 Å². The lowest BCUT2D eigenvalue weighted by Gasteiger charge is -2.24. The van der Waals surface area contributed by atoms with Crippen molar-refractivity contribution >= 4 is 41.3 Å². The molecule has 5 nitrogen and oxygen atoms in total. The third-order valence-electron chi connectivity index (χ3n) is 3.01. The molecule has 0 bridgehead atoms. The van der Waals surface area contributed by atoms with Gasteiger partial charge in [-0.25, -0.2) is 4.98 Å². The highest BCUT2D eigenvalue weighted by Gasteiger charge is 2.18. The van der Waals surface area contributed by atoms with Gasteiger partial charge in [0, 0.05) is 44.7 Å². The first-order valence-corrected chi connectivity index (χ1v) is 7.05. The first kappa shape index (κ1) is 16.6. The molecule has 1 unspecified atom stereocenters. The number of hydrogen-bond acceptors (Lipinski definition) is 4. The van der Waals surface area contributed by atoms with Crippen LogP contribution in [0.2, 0.25) is 0 Å². The van der Waals surface area contributed by atoms with Gasteiger partial charge in [-0.15, -0.1) is 35.3 Å². The zero-order valence-electron chi connectivity index (χ0n) is 11.3. The molecule has 2 rings (SSSR count). The predicted molar refractivity (Wildman–Crippen MR) is 89.3 cm³/mol. The normalized spacial score (nSPS) is 19.1. The van der Waals surface area contributed by atoms with Crippen molar-refractivity contribution < 1.29 is 4.74 Å². The van der Waals surface area contributed by atoms with E-state index in [4.69, 9.17) is 4.74 Å². The summed E-state index contributed by atoms with van der Waals surface area (Å²) >= 11 is 1.65. The number of hydrogen-bond donors (Lipinski definition) is 1. The average Bonchev–Trinajstić information content (AvgIpc) is 3.02. The molecule has 19 heavy (non-hydrogen) atoms. The van der Waals surface area contributed by atoms with Crippen molar-refractivity contribution in [1.82, 2.24) is 15.2 Å². The largest absolute Gasteiger partial charge is 0.381 e. The quantitative estimate of drug-likeness (QED) is 0.479. The van der Waals surface area contributed by atoms with Gasteiger partial charge in [-0.3, -0.25) is 4.99 Å². The first-order chi connectivity index (χ1) is 8.79. The van der Waals surface area contributed by atoms with E-state index < -0.39 is 0 Å². The van der Waals surface area contributed by atoms with Crippen LogP contribution in [0.1, 0.15) is 11.4 Å². The van der Waals surface area contributed by atoms with Crippen LogP contribution in [0.5, 0.6) is 0 Å². The van der Waals surface area contributed by atoms with Crippen LogP contribution >= 0.6 is 35.3 Å². The van der Waals surface area contributed by atoms with Crippen molar-refractivity contribution in [3.05, 3.63) is 16.6 Å². The molecule has 1 aliphatic rings. The number of rotatable bonds is 4. The number of ether oxygens (including phenoxy) is 1. The van der Waals surface area contributed by atoms with E-state index in [0.29, 0.717) is 5.92 Å². The third-order valence-corrected chi connectivity index (χ3v) is 3.79. The molecule has 1 atom stereocenters. The lowest BCUT2D eigenvalue weighted by molar-refractivity contribution is 0.181. The van der Waals surface area contributed by atoms with Crippen LogP contribution in [0.15, 0.2) is 16.6 Å². The molecule has 1 saturated heterocycles. The van der Waals surface area contributed by atoms with E-state index in [1.54, 1.807) is 11.3 Å². The highest BCUT2D eigenvalue weighted by molar-refractivity contribution is 14.0. The SMILES string of the molecule is CN=C(NCc1nccs1)N(C)CC1CCOC1.I. The molecule has 1 N–H and O–H groups in total. The van der Waals surface area contributed by atoms with Gasteiger partial charge in [0.15, 0.2) is 5.96 Å². The molecular weight excluding hydrogens is 375 g/mol. The first-order valence-electron chi connectivity index (χ1n) is 6.17. The fraction of sp³-hybridized carbons (Fsp3) is 0.667. The Balaban J connectivity index is 0.00000180. The second-order valence-corrected chi connectivity index (χ2v) is 5.42. The van der Waals surface area contributed by atoms with Gasteiger partial charge in [0.2, 0.25) is 0 Å². The van der Waals surface area contributed by atoms with Crippen LogP contribution in [-0.4, -0.2) is 49.7 Å². The number of aromatic nitrogens is 1. The fourth-order valence-electron chi connectivity index (χ4n) is 2.08. The van der Waals surface area contributed by atoms with Crippen molar-refractivity contribution in [2.24, 2.45) is 10.9 Å². The average molecular weight is 396 g/mol.